The Labute approximate surface area is 220 Å². The maximum absolute atomic E-state index is 13.0. The lowest BCUT2D eigenvalue weighted by molar-refractivity contribution is 0.100. The van der Waals surface area contributed by atoms with Crippen LogP contribution in [0, 0.1) is 0 Å². The Bertz CT molecular complexity index is 1420. The number of benzene rings is 2. The van der Waals surface area contributed by atoms with Gasteiger partial charge in [0, 0.05) is 48.2 Å². The second-order valence-corrected chi connectivity index (χ2v) is 9.10. The van der Waals surface area contributed by atoms with Crippen LogP contribution in [-0.2, 0) is 0 Å². The molecule has 10 nitrogen and oxygen atoms in total. The number of nitrogens with two attached hydrogens (primary N) is 1. The lowest BCUT2D eigenvalue weighted by Gasteiger charge is -2.33. The average molecular weight is 512 g/mol. The fourth-order valence-electron chi connectivity index (χ4n) is 4.70. The van der Waals surface area contributed by atoms with Crippen molar-refractivity contribution in [3.05, 3.63) is 84.1 Å². The summed E-state index contributed by atoms with van der Waals surface area (Å²) >= 11 is 0. The van der Waals surface area contributed by atoms with Crippen molar-refractivity contribution in [2.24, 2.45) is 5.73 Å². The standard InChI is InChI=1S/C28H29N7O3/c1-38-23-16-22(13-14-30-23)31-27-24(26(29)36)25(33-34-27)19-9-11-21(12-10-19)32-28(37)35-15-5-8-20(17-35)18-6-3-2-4-7-18/h2-4,6-7,9-14,16,20H,5,8,15,17H2,1H3,(H2,29,36)(H,32,37)(H2,30,31,33,34)/t20-/m0/s1. The van der Waals surface area contributed by atoms with Crippen molar-refractivity contribution in [1.82, 2.24) is 20.1 Å². The normalized spacial score (nSPS) is 15.1. The summed E-state index contributed by atoms with van der Waals surface area (Å²) in [7, 11) is 1.52. The maximum atomic E-state index is 13.0. The molecule has 10 heteroatoms. The summed E-state index contributed by atoms with van der Waals surface area (Å²) in [4.78, 5) is 31.2. The smallest absolute Gasteiger partial charge is 0.321 e. The number of carbonyl (C=O) groups is 2. The average Bonchev–Trinajstić information content (AvgIpc) is 3.38. The number of anilines is 3. The molecule has 38 heavy (non-hydrogen) atoms. The second-order valence-electron chi connectivity index (χ2n) is 9.10. The van der Waals surface area contributed by atoms with Gasteiger partial charge in [-0.25, -0.2) is 9.78 Å². The van der Waals surface area contributed by atoms with Gasteiger partial charge >= 0.3 is 6.03 Å². The molecule has 0 spiro atoms. The first-order valence-corrected chi connectivity index (χ1v) is 12.4. The number of nitrogens with zero attached hydrogens (tertiary/aromatic N) is 3. The van der Waals surface area contributed by atoms with E-state index in [-0.39, 0.29) is 17.4 Å². The largest absolute Gasteiger partial charge is 0.481 e. The highest BCUT2D eigenvalue weighted by Gasteiger charge is 2.25. The maximum Gasteiger partial charge on any atom is 0.321 e. The van der Waals surface area contributed by atoms with E-state index in [1.165, 1.54) is 12.7 Å². The fraction of sp³-hybridized carbons (Fsp3) is 0.214. The summed E-state index contributed by atoms with van der Waals surface area (Å²) in [6.07, 6.45) is 3.61. The van der Waals surface area contributed by atoms with E-state index in [0.717, 1.165) is 19.4 Å². The van der Waals surface area contributed by atoms with E-state index in [9.17, 15) is 9.59 Å². The topological polar surface area (TPSA) is 138 Å². The number of amides is 3. The molecular formula is C28H29N7O3. The number of hydrogen-bond donors (Lipinski definition) is 4. The Balaban J connectivity index is 1.28. The summed E-state index contributed by atoms with van der Waals surface area (Å²) in [6.45, 7) is 1.41. The molecule has 0 bridgehead atoms. The molecule has 1 atom stereocenters. The molecule has 194 valence electrons. The molecular weight excluding hydrogens is 482 g/mol. The van der Waals surface area contributed by atoms with Crippen LogP contribution in [-0.4, -0.2) is 52.2 Å². The zero-order chi connectivity index (χ0) is 26.5. The number of likely N-dealkylation sites (tertiary alicyclic amines) is 1. The molecule has 0 unspecified atom stereocenters. The van der Waals surface area contributed by atoms with Gasteiger partial charge in [-0.15, -0.1) is 0 Å². The third-order valence-electron chi connectivity index (χ3n) is 6.62. The molecule has 2 aromatic carbocycles. The molecule has 0 saturated carbocycles. The molecule has 3 amide bonds. The van der Waals surface area contributed by atoms with E-state index in [1.807, 2.05) is 23.1 Å². The number of methoxy groups -OCH3 is 1. The van der Waals surface area contributed by atoms with Gasteiger partial charge in [-0.2, -0.15) is 5.10 Å². The van der Waals surface area contributed by atoms with Gasteiger partial charge in [-0.1, -0.05) is 42.5 Å². The van der Waals surface area contributed by atoms with Crippen LogP contribution in [0.4, 0.5) is 22.0 Å². The predicted octanol–water partition coefficient (Wildman–Crippen LogP) is 4.73. The third kappa shape index (κ3) is 5.44. The first-order chi connectivity index (χ1) is 18.5. The summed E-state index contributed by atoms with van der Waals surface area (Å²) in [5.74, 6) is 0.412. The van der Waals surface area contributed by atoms with E-state index >= 15 is 0 Å². The van der Waals surface area contributed by atoms with E-state index in [4.69, 9.17) is 10.5 Å². The molecule has 0 radical (unpaired) electrons. The highest BCUT2D eigenvalue weighted by atomic mass is 16.5. The van der Waals surface area contributed by atoms with Crippen LogP contribution in [0.1, 0.15) is 34.7 Å². The van der Waals surface area contributed by atoms with Crippen LogP contribution in [0.3, 0.4) is 0 Å². The number of aromatic amines is 1. The van der Waals surface area contributed by atoms with Gasteiger partial charge in [0.15, 0.2) is 5.82 Å². The Hall–Kier alpha value is -4.86. The van der Waals surface area contributed by atoms with Crippen LogP contribution in [0.2, 0.25) is 0 Å². The van der Waals surface area contributed by atoms with Gasteiger partial charge < -0.3 is 26.0 Å². The Kier molecular flexibility index (Phi) is 7.21. The highest BCUT2D eigenvalue weighted by molar-refractivity contribution is 6.04. The zero-order valence-corrected chi connectivity index (χ0v) is 21.0. The Morgan fingerprint density at radius 2 is 1.87 bits per heavy atom. The van der Waals surface area contributed by atoms with Crippen LogP contribution in [0.25, 0.3) is 11.3 Å². The lowest BCUT2D eigenvalue weighted by atomic mass is 9.91. The van der Waals surface area contributed by atoms with Crippen LogP contribution >= 0.6 is 0 Å². The van der Waals surface area contributed by atoms with Gasteiger partial charge in [-0.05, 0) is 36.6 Å². The lowest BCUT2D eigenvalue weighted by Crippen LogP contribution is -2.41. The number of ether oxygens (including phenoxy) is 1. The monoisotopic (exact) mass is 511 g/mol. The molecule has 5 N–H and O–H groups in total. The van der Waals surface area contributed by atoms with Crippen molar-refractivity contribution in [3.8, 4) is 17.1 Å². The minimum atomic E-state index is -0.632. The van der Waals surface area contributed by atoms with E-state index in [2.05, 4.69) is 37.9 Å². The van der Waals surface area contributed by atoms with Crippen molar-refractivity contribution in [2.45, 2.75) is 18.8 Å². The van der Waals surface area contributed by atoms with Crippen molar-refractivity contribution < 1.29 is 14.3 Å². The molecule has 0 aliphatic carbocycles. The number of hydrogen-bond acceptors (Lipinski definition) is 6. The molecule has 2 aromatic heterocycles. The SMILES string of the molecule is COc1cc(Nc2n[nH]c(-c3ccc(NC(=O)N4CCC[C@H](c5ccccc5)C4)cc3)c2C(N)=O)ccn1. The van der Waals surface area contributed by atoms with Crippen LogP contribution < -0.4 is 21.1 Å². The van der Waals surface area contributed by atoms with Crippen LogP contribution in [0.15, 0.2) is 72.9 Å². The van der Waals surface area contributed by atoms with Gasteiger partial charge in [0.2, 0.25) is 5.88 Å². The number of pyridine rings is 1. The molecule has 3 heterocycles. The first kappa shape index (κ1) is 24.8. The summed E-state index contributed by atoms with van der Waals surface area (Å²) in [5, 5.41) is 13.2. The number of primary amides is 1. The molecule has 1 aliphatic rings. The number of nitrogens with one attached hydrogen (secondary N) is 3. The Morgan fingerprint density at radius 1 is 1.08 bits per heavy atom. The number of carbonyl (C=O) groups excluding carboxylic acids is 2. The number of H-pyrrole nitrogens is 1. The number of aromatic nitrogens is 3. The third-order valence-corrected chi connectivity index (χ3v) is 6.62. The second kappa shape index (κ2) is 11.0. The number of piperidine rings is 1. The number of urea groups is 1. The van der Waals surface area contributed by atoms with E-state index in [0.29, 0.717) is 41.0 Å². The summed E-state index contributed by atoms with van der Waals surface area (Å²) in [5.41, 5.74) is 9.65. The predicted molar refractivity (Wildman–Crippen MR) is 146 cm³/mol. The molecule has 1 aliphatic heterocycles. The zero-order valence-electron chi connectivity index (χ0n) is 21.0. The van der Waals surface area contributed by atoms with Gasteiger partial charge in [0.25, 0.3) is 5.91 Å². The summed E-state index contributed by atoms with van der Waals surface area (Å²) < 4.78 is 5.14. The fourth-order valence-corrected chi connectivity index (χ4v) is 4.70. The molecule has 5 rings (SSSR count). The molecule has 1 saturated heterocycles. The quantitative estimate of drug-likeness (QED) is 0.283. The molecule has 1 fully saturated rings. The van der Waals surface area contributed by atoms with Gasteiger partial charge in [0.1, 0.15) is 5.56 Å². The van der Waals surface area contributed by atoms with Crippen molar-refractivity contribution in [1.29, 1.82) is 0 Å². The minimum absolute atomic E-state index is 0.128. The van der Waals surface area contributed by atoms with Crippen molar-refractivity contribution in [2.75, 3.05) is 30.8 Å². The highest BCUT2D eigenvalue weighted by Crippen LogP contribution is 2.30. The van der Waals surface area contributed by atoms with E-state index < -0.39 is 5.91 Å². The number of rotatable bonds is 7. The van der Waals surface area contributed by atoms with Gasteiger partial charge in [0.05, 0.1) is 12.8 Å². The van der Waals surface area contributed by atoms with Crippen LogP contribution in [0.5, 0.6) is 5.88 Å². The van der Waals surface area contributed by atoms with Crippen molar-refractivity contribution in [3.63, 3.8) is 0 Å². The summed E-state index contributed by atoms with van der Waals surface area (Å²) in [6, 6.07) is 20.8. The minimum Gasteiger partial charge on any atom is -0.481 e. The van der Waals surface area contributed by atoms with E-state index in [1.54, 1.807) is 42.6 Å². The molecule has 4 aromatic rings. The Morgan fingerprint density at radius 3 is 2.61 bits per heavy atom. The first-order valence-electron chi connectivity index (χ1n) is 12.4. The van der Waals surface area contributed by atoms with Crippen molar-refractivity contribution >= 4 is 29.1 Å². The van der Waals surface area contributed by atoms with Gasteiger partial charge in [-0.3, -0.25) is 9.89 Å².